The first kappa shape index (κ1) is 15.2. The molecule has 0 fully saturated rings. The van der Waals surface area contributed by atoms with Gasteiger partial charge >= 0.3 is 0 Å². The third-order valence-electron chi connectivity index (χ3n) is 2.93. The van der Waals surface area contributed by atoms with Gasteiger partial charge in [-0.2, -0.15) is 5.10 Å². The number of hydrogen-bond acceptors (Lipinski definition) is 4. The fourth-order valence-corrected chi connectivity index (χ4v) is 2.29. The van der Waals surface area contributed by atoms with Crippen molar-refractivity contribution in [3.63, 3.8) is 0 Å². The standard InChI is InChI=1S/C13H13BrN4O3/c1-3-17-7-10(14)12(16-17)13(19)15-11-5-4-9(18(20)21)6-8(11)2/h4-7H,3H2,1-2H3,(H,15,19). The average Bonchev–Trinajstić information content (AvgIpc) is 2.82. The molecule has 1 aromatic heterocycles. The summed E-state index contributed by atoms with van der Waals surface area (Å²) in [5.41, 5.74) is 1.39. The Labute approximate surface area is 129 Å². The number of aryl methyl sites for hydroxylation is 2. The van der Waals surface area contributed by atoms with Crippen molar-refractivity contribution in [2.24, 2.45) is 0 Å². The average molecular weight is 353 g/mol. The highest BCUT2D eigenvalue weighted by Crippen LogP contribution is 2.23. The second kappa shape index (κ2) is 6.04. The Morgan fingerprint density at radius 3 is 2.76 bits per heavy atom. The SMILES string of the molecule is CCn1cc(Br)c(C(=O)Nc2ccc([N+](=O)[O-])cc2C)n1. The summed E-state index contributed by atoms with van der Waals surface area (Å²) < 4.78 is 2.24. The minimum atomic E-state index is -0.474. The van der Waals surface area contributed by atoms with Crippen molar-refractivity contribution in [1.82, 2.24) is 9.78 Å². The van der Waals surface area contributed by atoms with E-state index in [0.29, 0.717) is 22.3 Å². The van der Waals surface area contributed by atoms with Crippen LogP contribution >= 0.6 is 15.9 Å². The summed E-state index contributed by atoms with van der Waals surface area (Å²) in [5, 5.41) is 17.5. The van der Waals surface area contributed by atoms with Crippen LogP contribution in [0.5, 0.6) is 0 Å². The zero-order valence-electron chi connectivity index (χ0n) is 11.5. The van der Waals surface area contributed by atoms with Gasteiger partial charge in [0, 0.05) is 30.6 Å². The van der Waals surface area contributed by atoms with Gasteiger partial charge in [0.05, 0.1) is 9.40 Å². The Kier molecular flexibility index (Phi) is 4.37. The number of nitrogens with zero attached hydrogens (tertiary/aromatic N) is 3. The molecule has 0 spiro atoms. The fourth-order valence-electron chi connectivity index (χ4n) is 1.80. The van der Waals surface area contributed by atoms with Gasteiger partial charge in [-0.25, -0.2) is 0 Å². The van der Waals surface area contributed by atoms with E-state index in [0.717, 1.165) is 0 Å². The van der Waals surface area contributed by atoms with Gasteiger partial charge in [0.25, 0.3) is 11.6 Å². The van der Waals surface area contributed by atoms with Gasteiger partial charge in [-0.3, -0.25) is 19.6 Å². The molecule has 0 radical (unpaired) electrons. The highest BCUT2D eigenvalue weighted by molar-refractivity contribution is 9.10. The summed E-state index contributed by atoms with van der Waals surface area (Å²) in [6.07, 6.45) is 1.72. The van der Waals surface area contributed by atoms with Crippen molar-refractivity contribution >= 4 is 33.2 Å². The number of nitro benzene ring substituents is 1. The fraction of sp³-hybridized carbons (Fsp3) is 0.231. The molecule has 0 aliphatic rings. The quantitative estimate of drug-likeness (QED) is 0.675. The number of rotatable bonds is 4. The highest BCUT2D eigenvalue weighted by atomic mass is 79.9. The van der Waals surface area contributed by atoms with Crippen LogP contribution in [0.15, 0.2) is 28.9 Å². The van der Waals surface area contributed by atoms with Gasteiger partial charge in [0.2, 0.25) is 0 Å². The topological polar surface area (TPSA) is 90.1 Å². The van der Waals surface area contributed by atoms with Crippen molar-refractivity contribution in [2.75, 3.05) is 5.32 Å². The summed E-state index contributed by atoms with van der Waals surface area (Å²) >= 11 is 3.29. The summed E-state index contributed by atoms with van der Waals surface area (Å²) in [7, 11) is 0. The lowest BCUT2D eigenvalue weighted by Crippen LogP contribution is -2.14. The van der Waals surface area contributed by atoms with E-state index in [9.17, 15) is 14.9 Å². The van der Waals surface area contributed by atoms with Crippen LogP contribution < -0.4 is 5.32 Å². The molecule has 0 bridgehead atoms. The Morgan fingerprint density at radius 2 is 2.24 bits per heavy atom. The Balaban J connectivity index is 2.23. The van der Waals surface area contributed by atoms with Crippen LogP contribution in [0.1, 0.15) is 23.0 Å². The number of nitrogens with one attached hydrogen (secondary N) is 1. The lowest BCUT2D eigenvalue weighted by molar-refractivity contribution is -0.384. The van der Waals surface area contributed by atoms with Crippen molar-refractivity contribution in [1.29, 1.82) is 0 Å². The number of halogens is 1. The molecular weight excluding hydrogens is 340 g/mol. The van der Waals surface area contributed by atoms with Crippen molar-refractivity contribution in [2.45, 2.75) is 20.4 Å². The molecular formula is C13H13BrN4O3. The predicted octanol–water partition coefficient (Wildman–Crippen LogP) is 3.13. The zero-order chi connectivity index (χ0) is 15.6. The summed E-state index contributed by atoms with van der Waals surface area (Å²) in [5.74, 6) is -0.369. The van der Waals surface area contributed by atoms with E-state index in [4.69, 9.17) is 0 Å². The van der Waals surface area contributed by atoms with E-state index in [1.165, 1.54) is 18.2 Å². The molecule has 0 unspecified atom stereocenters. The van der Waals surface area contributed by atoms with Crippen LogP contribution in [-0.2, 0) is 6.54 Å². The molecule has 0 atom stereocenters. The van der Waals surface area contributed by atoms with Crippen LogP contribution in [0.2, 0.25) is 0 Å². The molecule has 1 aromatic carbocycles. The van der Waals surface area contributed by atoms with Crippen molar-refractivity contribution < 1.29 is 9.72 Å². The largest absolute Gasteiger partial charge is 0.320 e. The summed E-state index contributed by atoms with van der Waals surface area (Å²) in [6, 6.07) is 4.27. The molecule has 1 heterocycles. The van der Waals surface area contributed by atoms with E-state index in [1.54, 1.807) is 17.8 Å². The molecule has 2 aromatic rings. The van der Waals surface area contributed by atoms with Gasteiger partial charge in [-0.15, -0.1) is 0 Å². The first-order valence-electron chi connectivity index (χ1n) is 6.21. The zero-order valence-corrected chi connectivity index (χ0v) is 13.0. The highest BCUT2D eigenvalue weighted by Gasteiger charge is 2.16. The normalized spacial score (nSPS) is 10.4. The maximum atomic E-state index is 12.2. The van der Waals surface area contributed by atoms with E-state index in [-0.39, 0.29) is 17.3 Å². The minimum absolute atomic E-state index is 0.0121. The van der Waals surface area contributed by atoms with Crippen LogP contribution in [0, 0.1) is 17.0 Å². The number of non-ortho nitro benzene ring substituents is 1. The number of carbonyl (C=O) groups is 1. The second-order valence-electron chi connectivity index (χ2n) is 4.39. The Hall–Kier alpha value is -2.22. The summed E-state index contributed by atoms with van der Waals surface area (Å²) in [4.78, 5) is 22.4. The van der Waals surface area contributed by atoms with Crippen LogP contribution in [0.3, 0.4) is 0 Å². The third kappa shape index (κ3) is 3.27. The van der Waals surface area contributed by atoms with Crippen molar-refractivity contribution in [3.8, 4) is 0 Å². The number of carbonyl (C=O) groups excluding carboxylic acids is 1. The Morgan fingerprint density at radius 1 is 1.52 bits per heavy atom. The first-order valence-corrected chi connectivity index (χ1v) is 7.01. The minimum Gasteiger partial charge on any atom is -0.320 e. The van der Waals surface area contributed by atoms with E-state index >= 15 is 0 Å². The molecule has 110 valence electrons. The van der Waals surface area contributed by atoms with E-state index < -0.39 is 4.92 Å². The molecule has 1 N–H and O–H groups in total. The summed E-state index contributed by atoms with van der Waals surface area (Å²) in [6.45, 7) is 4.27. The van der Waals surface area contributed by atoms with Gasteiger partial charge in [-0.05, 0) is 41.4 Å². The molecule has 1 amide bonds. The van der Waals surface area contributed by atoms with Gasteiger partial charge < -0.3 is 5.32 Å². The number of aromatic nitrogens is 2. The number of benzene rings is 1. The molecule has 0 aliphatic heterocycles. The van der Waals surface area contributed by atoms with Gasteiger partial charge in [0.1, 0.15) is 0 Å². The molecule has 7 nitrogen and oxygen atoms in total. The lowest BCUT2D eigenvalue weighted by atomic mass is 10.1. The monoisotopic (exact) mass is 352 g/mol. The van der Waals surface area contributed by atoms with E-state index in [2.05, 4.69) is 26.3 Å². The predicted molar refractivity (Wildman–Crippen MR) is 81.4 cm³/mol. The number of amides is 1. The van der Waals surface area contributed by atoms with Crippen molar-refractivity contribution in [3.05, 3.63) is 50.2 Å². The molecule has 8 heteroatoms. The molecule has 2 rings (SSSR count). The van der Waals surface area contributed by atoms with E-state index in [1.807, 2.05) is 6.92 Å². The first-order chi connectivity index (χ1) is 9.92. The van der Waals surface area contributed by atoms with Crippen LogP contribution in [0.25, 0.3) is 0 Å². The van der Waals surface area contributed by atoms with Crippen LogP contribution in [-0.4, -0.2) is 20.6 Å². The van der Waals surface area contributed by atoms with Gasteiger partial charge in [0.15, 0.2) is 5.69 Å². The molecule has 0 saturated heterocycles. The number of anilines is 1. The molecule has 0 saturated carbocycles. The second-order valence-corrected chi connectivity index (χ2v) is 5.25. The number of nitro groups is 1. The lowest BCUT2D eigenvalue weighted by Gasteiger charge is -2.07. The maximum Gasteiger partial charge on any atom is 0.277 e. The number of hydrogen-bond donors (Lipinski definition) is 1. The van der Waals surface area contributed by atoms with Gasteiger partial charge in [-0.1, -0.05) is 0 Å². The van der Waals surface area contributed by atoms with Crippen LogP contribution in [0.4, 0.5) is 11.4 Å². The molecule has 0 aliphatic carbocycles. The molecule has 21 heavy (non-hydrogen) atoms. The Bertz CT molecular complexity index is 711. The third-order valence-corrected chi connectivity index (χ3v) is 3.51. The smallest absolute Gasteiger partial charge is 0.277 e. The maximum absolute atomic E-state index is 12.2.